The van der Waals surface area contributed by atoms with Crippen LogP contribution in [0, 0.1) is 11.3 Å². The van der Waals surface area contributed by atoms with E-state index in [9.17, 15) is 0 Å². The van der Waals surface area contributed by atoms with Crippen LogP contribution in [0.4, 0.5) is 5.82 Å². The topological polar surface area (TPSA) is 74.7 Å². The molecule has 0 saturated carbocycles. The summed E-state index contributed by atoms with van der Waals surface area (Å²) in [6.45, 7) is 2.63. The van der Waals surface area contributed by atoms with Crippen LogP contribution in [0.15, 0.2) is 12.3 Å². The molecular weight excluding hydrogens is 212 g/mol. The summed E-state index contributed by atoms with van der Waals surface area (Å²) in [4.78, 5) is 4.05. The Morgan fingerprint density at radius 1 is 1.73 bits per heavy atom. The van der Waals surface area contributed by atoms with Crippen molar-refractivity contribution in [2.45, 2.75) is 19.4 Å². The lowest BCUT2D eigenvalue weighted by atomic mass is 10.2. The van der Waals surface area contributed by atoms with Gasteiger partial charge in [-0.15, -0.1) is 0 Å². The van der Waals surface area contributed by atoms with E-state index in [-0.39, 0.29) is 6.04 Å². The molecule has 0 fully saturated rings. The van der Waals surface area contributed by atoms with E-state index in [1.807, 2.05) is 13.0 Å². The predicted molar refractivity (Wildman–Crippen MR) is 60.7 cm³/mol. The van der Waals surface area contributed by atoms with Crippen molar-refractivity contribution in [3.63, 3.8) is 0 Å². The normalized spacial score (nSPS) is 11.9. The third-order valence-corrected chi connectivity index (χ3v) is 2.28. The first kappa shape index (κ1) is 11.8. The van der Waals surface area contributed by atoms with Gasteiger partial charge in [-0.3, -0.25) is 0 Å². The zero-order valence-corrected chi connectivity index (χ0v) is 9.25. The molecule has 0 aliphatic heterocycles. The largest absolute Gasteiger partial charge is 0.369 e. The number of nitrogens with one attached hydrogen (secondary N) is 1. The number of halogens is 1. The van der Waals surface area contributed by atoms with Crippen LogP contribution in [0.3, 0.4) is 0 Å². The summed E-state index contributed by atoms with van der Waals surface area (Å²) >= 11 is 5.95. The maximum Gasteiger partial charge on any atom is 0.146 e. The van der Waals surface area contributed by atoms with Gasteiger partial charge in [-0.05, 0) is 19.4 Å². The van der Waals surface area contributed by atoms with E-state index in [0.29, 0.717) is 22.9 Å². The van der Waals surface area contributed by atoms with Crippen molar-refractivity contribution >= 4 is 17.4 Å². The van der Waals surface area contributed by atoms with Gasteiger partial charge in [-0.1, -0.05) is 11.6 Å². The molecule has 0 aliphatic carbocycles. The average molecular weight is 225 g/mol. The van der Waals surface area contributed by atoms with E-state index in [1.54, 1.807) is 12.3 Å². The standard InChI is InChI=1S/C10H13ClN4/c1-7(13)2-4-14-10-9(11)8(6-12)3-5-15-10/h3,5,7H,2,4,13H2,1H3,(H,14,15). The Balaban J connectivity index is 2.66. The summed E-state index contributed by atoms with van der Waals surface area (Å²) in [6, 6.07) is 3.72. The lowest BCUT2D eigenvalue weighted by Crippen LogP contribution is -2.19. The summed E-state index contributed by atoms with van der Waals surface area (Å²) in [5.41, 5.74) is 6.03. The second-order valence-electron chi connectivity index (χ2n) is 3.33. The Labute approximate surface area is 94.1 Å². The fourth-order valence-corrected chi connectivity index (χ4v) is 1.29. The molecule has 0 amide bonds. The summed E-state index contributed by atoms with van der Waals surface area (Å²) in [6.07, 6.45) is 2.38. The lowest BCUT2D eigenvalue weighted by molar-refractivity contribution is 0.689. The molecule has 0 saturated heterocycles. The first-order chi connectivity index (χ1) is 7.15. The Bertz CT molecular complexity index is 370. The molecule has 0 bridgehead atoms. The third-order valence-electron chi connectivity index (χ3n) is 1.90. The fourth-order valence-electron chi connectivity index (χ4n) is 1.07. The summed E-state index contributed by atoms with van der Waals surface area (Å²) in [5, 5.41) is 12.2. The Hall–Kier alpha value is -1.31. The first-order valence-electron chi connectivity index (χ1n) is 4.69. The highest BCUT2D eigenvalue weighted by atomic mass is 35.5. The van der Waals surface area contributed by atoms with Crippen molar-refractivity contribution in [1.82, 2.24) is 4.98 Å². The maximum atomic E-state index is 8.75. The average Bonchev–Trinajstić information content (AvgIpc) is 2.20. The molecule has 80 valence electrons. The molecule has 0 aliphatic rings. The highest BCUT2D eigenvalue weighted by Gasteiger charge is 2.06. The van der Waals surface area contributed by atoms with E-state index in [1.165, 1.54) is 0 Å². The van der Waals surface area contributed by atoms with E-state index in [4.69, 9.17) is 22.6 Å². The van der Waals surface area contributed by atoms with Crippen LogP contribution in [0.5, 0.6) is 0 Å². The Morgan fingerprint density at radius 3 is 3.07 bits per heavy atom. The summed E-state index contributed by atoms with van der Waals surface area (Å²) < 4.78 is 0. The van der Waals surface area contributed by atoms with Crippen LogP contribution in [0.1, 0.15) is 18.9 Å². The number of hydrogen-bond donors (Lipinski definition) is 2. The van der Waals surface area contributed by atoms with Crippen molar-refractivity contribution in [2.75, 3.05) is 11.9 Å². The molecule has 15 heavy (non-hydrogen) atoms. The highest BCUT2D eigenvalue weighted by Crippen LogP contribution is 2.22. The molecule has 3 N–H and O–H groups in total. The molecule has 0 spiro atoms. The molecular formula is C10H13ClN4. The molecule has 1 rings (SSSR count). The molecule has 1 aromatic heterocycles. The lowest BCUT2D eigenvalue weighted by Gasteiger charge is -2.09. The Kier molecular flexibility index (Phi) is 4.35. The molecule has 0 radical (unpaired) electrons. The van der Waals surface area contributed by atoms with Crippen molar-refractivity contribution in [3.8, 4) is 6.07 Å². The van der Waals surface area contributed by atoms with Gasteiger partial charge in [0, 0.05) is 18.8 Å². The van der Waals surface area contributed by atoms with Gasteiger partial charge in [0.2, 0.25) is 0 Å². The first-order valence-corrected chi connectivity index (χ1v) is 5.07. The zero-order valence-electron chi connectivity index (χ0n) is 8.50. The van der Waals surface area contributed by atoms with Crippen LogP contribution in [-0.2, 0) is 0 Å². The minimum absolute atomic E-state index is 0.135. The second-order valence-corrected chi connectivity index (χ2v) is 3.70. The van der Waals surface area contributed by atoms with Crippen LogP contribution in [0.25, 0.3) is 0 Å². The number of aromatic nitrogens is 1. The molecule has 1 aromatic rings. The number of rotatable bonds is 4. The van der Waals surface area contributed by atoms with E-state index >= 15 is 0 Å². The number of anilines is 1. The minimum atomic E-state index is 0.135. The minimum Gasteiger partial charge on any atom is -0.369 e. The summed E-state index contributed by atoms with van der Waals surface area (Å²) in [7, 11) is 0. The number of nitrogens with two attached hydrogens (primary N) is 1. The van der Waals surface area contributed by atoms with Gasteiger partial charge in [0.05, 0.1) is 5.56 Å². The van der Waals surface area contributed by atoms with Gasteiger partial charge in [0.25, 0.3) is 0 Å². The number of pyridine rings is 1. The third kappa shape index (κ3) is 3.39. The van der Waals surface area contributed by atoms with E-state index in [0.717, 1.165) is 6.42 Å². The molecule has 5 heteroatoms. The number of hydrogen-bond acceptors (Lipinski definition) is 4. The SMILES string of the molecule is CC(N)CCNc1nccc(C#N)c1Cl. The number of nitriles is 1. The van der Waals surface area contributed by atoms with Crippen LogP contribution >= 0.6 is 11.6 Å². The van der Waals surface area contributed by atoms with Crippen molar-refractivity contribution < 1.29 is 0 Å². The maximum absolute atomic E-state index is 8.75. The Morgan fingerprint density at radius 2 is 2.47 bits per heavy atom. The van der Waals surface area contributed by atoms with E-state index < -0.39 is 0 Å². The smallest absolute Gasteiger partial charge is 0.146 e. The molecule has 4 nitrogen and oxygen atoms in total. The van der Waals surface area contributed by atoms with Crippen molar-refractivity contribution in [1.29, 1.82) is 5.26 Å². The van der Waals surface area contributed by atoms with Crippen LogP contribution < -0.4 is 11.1 Å². The van der Waals surface area contributed by atoms with Crippen molar-refractivity contribution in [3.05, 3.63) is 22.8 Å². The van der Waals surface area contributed by atoms with Crippen LogP contribution in [-0.4, -0.2) is 17.6 Å². The van der Waals surface area contributed by atoms with Crippen molar-refractivity contribution in [2.24, 2.45) is 5.73 Å². The van der Waals surface area contributed by atoms with Gasteiger partial charge in [-0.25, -0.2) is 4.98 Å². The second kappa shape index (κ2) is 5.54. The monoisotopic (exact) mass is 224 g/mol. The van der Waals surface area contributed by atoms with Gasteiger partial charge < -0.3 is 11.1 Å². The quantitative estimate of drug-likeness (QED) is 0.817. The number of nitrogens with zero attached hydrogens (tertiary/aromatic N) is 2. The van der Waals surface area contributed by atoms with Gasteiger partial charge in [-0.2, -0.15) is 5.26 Å². The highest BCUT2D eigenvalue weighted by molar-refractivity contribution is 6.34. The fraction of sp³-hybridized carbons (Fsp3) is 0.400. The zero-order chi connectivity index (χ0) is 11.3. The summed E-state index contributed by atoms with van der Waals surface area (Å²) in [5.74, 6) is 0.538. The van der Waals surface area contributed by atoms with Gasteiger partial charge >= 0.3 is 0 Å². The molecule has 1 atom stereocenters. The van der Waals surface area contributed by atoms with Gasteiger partial charge in [0.1, 0.15) is 16.9 Å². The van der Waals surface area contributed by atoms with Crippen LogP contribution in [0.2, 0.25) is 5.02 Å². The molecule has 1 heterocycles. The predicted octanol–water partition coefficient (Wildman–Crippen LogP) is 1.76. The van der Waals surface area contributed by atoms with Gasteiger partial charge in [0.15, 0.2) is 0 Å². The molecule has 1 unspecified atom stereocenters. The van der Waals surface area contributed by atoms with E-state index in [2.05, 4.69) is 10.3 Å². The molecule has 0 aromatic carbocycles.